The van der Waals surface area contributed by atoms with Gasteiger partial charge in [-0.05, 0) is 74.5 Å². The molecule has 0 fully saturated rings. The first kappa shape index (κ1) is 22.2. The molecule has 2 aromatic carbocycles. The summed E-state index contributed by atoms with van der Waals surface area (Å²) >= 11 is 0. The van der Waals surface area contributed by atoms with Gasteiger partial charge in [0.25, 0.3) is 15.9 Å². The molecule has 168 valence electrons. The van der Waals surface area contributed by atoms with Crippen LogP contribution in [0.4, 0.5) is 15.8 Å². The van der Waals surface area contributed by atoms with Crippen molar-refractivity contribution < 1.29 is 17.6 Å². The van der Waals surface area contributed by atoms with Crippen LogP contribution < -0.4 is 10.0 Å². The lowest BCUT2D eigenvalue weighted by molar-refractivity contribution is 0.102. The zero-order chi connectivity index (χ0) is 23.6. The standard InChI is InChI=1S/C23H20FN5O3S/c1-15-13-16(2)29(27-15)22-8-5-19(14-21(22)24)26-23(30)17-3-6-20(7-4-17)33(31,32)28-18-9-11-25-12-10-18/h3-14H,1-2H3,(H,25,28)(H,26,30). The summed E-state index contributed by atoms with van der Waals surface area (Å²) in [4.78, 5) is 16.4. The Labute approximate surface area is 190 Å². The van der Waals surface area contributed by atoms with Crippen molar-refractivity contribution in [3.05, 3.63) is 95.8 Å². The highest BCUT2D eigenvalue weighted by Crippen LogP contribution is 2.21. The Hall–Kier alpha value is -4.05. The third-order valence-corrected chi connectivity index (χ3v) is 6.20. The van der Waals surface area contributed by atoms with Gasteiger partial charge in [0.1, 0.15) is 5.69 Å². The molecule has 0 aliphatic carbocycles. The summed E-state index contributed by atoms with van der Waals surface area (Å²) in [6.45, 7) is 3.65. The molecule has 0 saturated heterocycles. The van der Waals surface area contributed by atoms with Crippen molar-refractivity contribution in [3.63, 3.8) is 0 Å². The van der Waals surface area contributed by atoms with E-state index in [1.54, 1.807) is 6.07 Å². The number of halogens is 1. The Balaban J connectivity index is 1.48. The van der Waals surface area contributed by atoms with E-state index < -0.39 is 21.7 Å². The van der Waals surface area contributed by atoms with E-state index in [2.05, 4.69) is 20.1 Å². The highest BCUT2D eigenvalue weighted by atomic mass is 32.2. The molecule has 2 heterocycles. The van der Waals surface area contributed by atoms with Crippen molar-refractivity contribution in [2.24, 2.45) is 0 Å². The molecule has 10 heteroatoms. The maximum Gasteiger partial charge on any atom is 0.261 e. The van der Waals surface area contributed by atoms with Crippen molar-refractivity contribution in [3.8, 4) is 5.69 Å². The van der Waals surface area contributed by atoms with Gasteiger partial charge >= 0.3 is 0 Å². The topological polar surface area (TPSA) is 106 Å². The molecule has 0 saturated carbocycles. The highest BCUT2D eigenvalue weighted by molar-refractivity contribution is 7.92. The van der Waals surface area contributed by atoms with E-state index in [1.807, 2.05) is 19.9 Å². The van der Waals surface area contributed by atoms with E-state index in [9.17, 15) is 17.6 Å². The number of aryl methyl sites for hydroxylation is 2. The lowest BCUT2D eigenvalue weighted by atomic mass is 10.2. The van der Waals surface area contributed by atoms with Crippen molar-refractivity contribution >= 4 is 27.3 Å². The number of sulfonamides is 1. The van der Waals surface area contributed by atoms with Gasteiger partial charge in [-0.25, -0.2) is 17.5 Å². The number of nitrogens with zero attached hydrogens (tertiary/aromatic N) is 3. The monoisotopic (exact) mass is 465 g/mol. The normalized spacial score (nSPS) is 11.2. The lowest BCUT2D eigenvalue weighted by Crippen LogP contribution is -2.15. The van der Waals surface area contributed by atoms with Crippen LogP contribution in [0.2, 0.25) is 0 Å². The SMILES string of the molecule is Cc1cc(C)n(-c2ccc(NC(=O)c3ccc(S(=O)(=O)Nc4ccncc4)cc3)cc2F)n1. The number of anilines is 2. The molecule has 0 radical (unpaired) electrons. The minimum absolute atomic E-state index is 0.00357. The largest absolute Gasteiger partial charge is 0.322 e. The molecule has 0 bridgehead atoms. The molecular formula is C23H20FN5O3S. The molecule has 0 aliphatic rings. The zero-order valence-electron chi connectivity index (χ0n) is 17.8. The second-order valence-corrected chi connectivity index (χ2v) is 9.01. The predicted molar refractivity (Wildman–Crippen MR) is 122 cm³/mol. The number of hydrogen-bond acceptors (Lipinski definition) is 5. The summed E-state index contributed by atoms with van der Waals surface area (Å²) in [6.07, 6.45) is 2.94. The Morgan fingerprint density at radius 1 is 0.939 bits per heavy atom. The summed E-state index contributed by atoms with van der Waals surface area (Å²) in [5, 5.41) is 6.88. The van der Waals surface area contributed by atoms with E-state index in [4.69, 9.17) is 0 Å². The Morgan fingerprint density at radius 3 is 2.24 bits per heavy atom. The minimum atomic E-state index is -3.82. The average molecular weight is 466 g/mol. The van der Waals surface area contributed by atoms with E-state index >= 15 is 0 Å². The predicted octanol–water partition coefficient (Wildman–Crippen LogP) is 4.08. The second-order valence-electron chi connectivity index (χ2n) is 7.32. The van der Waals surface area contributed by atoms with Gasteiger partial charge in [0, 0.05) is 29.3 Å². The molecule has 0 unspecified atom stereocenters. The van der Waals surface area contributed by atoms with Gasteiger partial charge in [0.05, 0.1) is 16.3 Å². The third kappa shape index (κ3) is 4.90. The first-order chi connectivity index (χ1) is 15.7. The average Bonchev–Trinajstić information content (AvgIpc) is 3.12. The van der Waals surface area contributed by atoms with Gasteiger partial charge in [0.15, 0.2) is 5.82 Å². The molecule has 2 N–H and O–H groups in total. The first-order valence-corrected chi connectivity index (χ1v) is 11.4. The van der Waals surface area contributed by atoms with Gasteiger partial charge in [0.2, 0.25) is 0 Å². The number of nitrogens with one attached hydrogen (secondary N) is 2. The van der Waals surface area contributed by atoms with Gasteiger partial charge in [-0.15, -0.1) is 0 Å². The maximum absolute atomic E-state index is 14.7. The molecule has 0 spiro atoms. The van der Waals surface area contributed by atoms with Crippen LogP contribution in [0.25, 0.3) is 5.69 Å². The van der Waals surface area contributed by atoms with Gasteiger partial charge in [-0.1, -0.05) is 0 Å². The van der Waals surface area contributed by atoms with E-state index in [1.165, 1.54) is 65.6 Å². The second kappa shape index (κ2) is 8.83. The van der Waals surface area contributed by atoms with Crippen LogP contribution >= 0.6 is 0 Å². The summed E-state index contributed by atoms with van der Waals surface area (Å²) in [7, 11) is -3.82. The van der Waals surface area contributed by atoms with Crippen molar-refractivity contribution in [1.82, 2.24) is 14.8 Å². The summed E-state index contributed by atoms with van der Waals surface area (Å²) < 4.78 is 43.6. The van der Waals surface area contributed by atoms with Crippen molar-refractivity contribution in [1.29, 1.82) is 0 Å². The summed E-state index contributed by atoms with van der Waals surface area (Å²) in [6, 6.07) is 14.6. The van der Waals surface area contributed by atoms with Crippen LogP contribution in [0.1, 0.15) is 21.7 Å². The van der Waals surface area contributed by atoms with Crippen LogP contribution in [0, 0.1) is 19.7 Å². The Kier molecular flexibility index (Phi) is 5.93. The molecule has 1 amide bonds. The number of carbonyl (C=O) groups is 1. The van der Waals surface area contributed by atoms with Crippen LogP contribution in [0.5, 0.6) is 0 Å². The number of amides is 1. The molecule has 0 atom stereocenters. The van der Waals surface area contributed by atoms with Crippen LogP contribution in [0.15, 0.2) is 78.0 Å². The van der Waals surface area contributed by atoms with Crippen LogP contribution in [0.3, 0.4) is 0 Å². The molecule has 4 rings (SSSR count). The number of carbonyl (C=O) groups excluding carboxylic acids is 1. The number of hydrogen-bond donors (Lipinski definition) is 2. The van der Waals surface area contributed by atoms with Crippen LogP contribution in [-0.4, -0.2) is 29.1 Å². The number of aromatic nitrogens is 3. The van der Waals surface area contributed by atoms with Crippen molar-refractivity contribution in [2.45, 2.75) is 18.7 Å². The molecule has 4 aromatic rings. The Morgan fingerprint density at radius 2 is 1.64 bits per heavy atom. The molecule has 33 heavy (non-hydrogen) atoms. The van der Waals surface area contributed by atoms with Crippen molar-refractivity contribution in [2.75, 3.05) is 10.0 Å². The van der Waals surface area contributed by atoms with Gasteiger partial charge in [-0.3, -0.25) is 14.5 Å². The number of rotatable bonds is 6. The number of pyridine rings is 1. The fraction of sp³-hybridized carbons (Fsp3) is 0.0870. The quantitative estimate of drug-likeness (QED) is 0.446. The summed E-state index contributed by atoms with van der Waals surface area (Å²) in [5.74, 6) is -1.04. The highest BCUT2D eigenvalue weighted by Gasteiger charge is 2.16. The zero-order valence-corrected chi connectivity index (χ0v) is 18.6. The lowest BCUT2D eigenvalue weighted by Gasteiger charge is -2.10. The fourth-order valence-corrected chi connectivity index (χ4v) is 4.31. The first-order valence-electron chi connectivity index (χ1n) is 9.90. The molecule has 0 aliphatic heterocycles. The maximum atomic E-state index is 14.7. The van der Waals surface area contributed by atoms with E-state index in [0.29, 0.717) is 5.69 Å². The van der Waals surface area contributed by atoms with Crippen LogP contribution in [-0.2, 0) is 10.0 Å². The summed E-state index contributed by atoms with van der Waals surface area (Å²) in [5.41, 5.74) is 2.69. The third-order valence-electron chi connectivity index (χ3n) is 4.80. The number of benzene rings is 2. The minimum Gasteiger partial charge on any atom is -0.322 e. The Bertz CT molecular complexity index is 1420. The van der Waals surface area contributed by atoms with Gasteiger partial charge in [-0.2, -0.15) is 5.10 Å². The molecular weight excluding hydrogens is 445 g/mol. The molecule has 8 nitrogen and oxygen atoms in total. The van der Waals surface area contributed by atoms with E-state index in [-0.39, 0.29) is 21.8 Å². The van der Waals surface area contributed by atoms with E-state index in [0.717, 1.165) is 11.4 Å². The molecule has 2 aromatic heterocycles. The van der Waals surface area contributed by atoms with Gasteiger partial charge < -0.3 is 5.32 Å². The smallest absolute Gasteiger partial charge is 0.261 e. The fourth-order valence-electron chi connectivity index (χ4n) is 3.25.